The summed E-state index contributed by atoms with van der Waals surface area (Å²) in [6, 6.07) is 7.58. The van der Waals surface area contributed by atoms with E-state index < -0.39 is 10.0 Å². The second-order valence-electron chi connectivity index (χ2n) is 8.10. The molecule has 3 heterocycles. The minimum atomic E-state index is -3.56. The molecule has 168 valence electrons. The molecule has 1 aromatic carbocycles. The summed E-state index contributed by atoms with van der Waals surface area (Å²) in [5.74, 6) is 2.37. The summed E-state index contributed by atoms with van der Waals surface area (Å²) in [5.41, 5.74) is 2.55. The van der Waals surface area contributed by atoms with Gasteiger partial charge in [0.2, 0.25) is 10.0 Å². The molecule has 4 rings (SSSR count). The van der Waals surface area contributed by atoms with Crippen molar-refractivity contribution in [3.8, 4) is 5.75 Å². The van der Waals surface area contributed by atoms with Crippen LogP contribution >= 0.6 is 11.8 Å². The first kappa shape index (κ1) is 22.2. The first-order chi connectivity index (χ1) is 14.9. The zero-order valence-corrected chi connectivity index (χ0v) is 19.6. The summed E-state index contributed by atoms with van der Waals surface area (Å²) in [6.45, 7) is 6.27. The maximum Gasteiger partial charge on any atom is 0.270 e. The Bertz CT molecular complexity index is 1020. The van der Waals surface area contributed by atoms with Gasteiger partial charge >= 0.3 is 0 Å². The maximum absolute atomic E-state index is 12.9. The number of aryl methyl sites for hydroxylation is 2. The lowest BCUT2D eigenvalue weighted by Crippen LogP contribution is -2.42. The van der Waals surface area contributed by atoms with Crippen LogP contribution < -0.4 is 4.74 Å². The van der Waals surface area contributed by atoms with Gasteiger partial charge in [0.05, 0.1) is 0 Å². The zero-order chi connectivity index (χ0) is 22.0. The summed E-state index contributed by atoms with van der Waals surface area (Å²) in [6.07, 6.45) is 3.00. The molecule has 2 saturated heterocycles. The number of ether oxygens (including phenoxy) is 1. The fourth-order valence-corrected chi connectivity index (χ4v) is 6.65. The number of hydrogen-bond donors (Lipinski definition) is 1. The molecule has 1 N–H and O–H groups in total. The number of carbonyl (C=O) groups excluding carboxylic acids is 1. The lowest BCUT2D eigenvalue weighted by atomic mass is 10.1. The van der Waals surface area contributed by atoms with Crippen LogP contribution in [0.1, 0.15) is 34.5 Å². The number of carbonyl (C=O) groups is 1. The van der Waals surface area contributed by atoms with Gasteiger partial charge in [0.15, 0.2) is 0 Å². The van der Waals surface area contributed by atoms with Gasteiger partial charge in [-0.2, -0.15) is 16.1 Å². The second-order valence-corrected chi connectivity index (χ2v) is 11.3. The van der Waals surface area contributed by atoms with Crippen molar-refractivity contribution >= 4 is 27.7 Å². The molecular formula is C22H29N3O4S2. The smallest absolute Gasteiger partial charge is 0.270 e. The fraction of sp³-hybridized carbons (Fsp3) is 0.500. The number of likely N-dealkylation sites (tertiary alicyclic amines) is 1. The van der Waals surface area contributed by atoms with Gasteiger partial charge in [-0.05, 0) is 31.0 Å². The van der Waals surface area contributed by atoms with Crippen LogP contribution in [0, 0.1) is 13.8 Å². The average molecular weight is 464 g/mol. The lowest BCUT2D eigenvalue weighted by Gasteiger charge is -2.32. The molecule has 0 saturated carbocycles. The molecule has 2 fully saturated rings. The third-order valence-corrected chi connectivity index (χ3v) is 8.74. The molecule has 0 atom stereocenters. The predicted molar refractivity (Wildman–Crippen MR) is 122 cm³/mol. The highest BCUT2D eigenvalue weighted by Gasteiger charge is 2.30. The molecule has 31 heavy (non-hydrogen) atoms. The van der Waals surface area contributed by atoms with Crippen LogP contribution in [0.5, 0.6) is 5.75 Å². The Labute approximate surface area is 188 Å². The number of aromatic amines is 1. The van der Waals surface area contributed by atoms with Crippen LogP contribution in [0.15, 0.2) is 35.4 Å². The monoisotopic (exact) mass is 463 g/mol. The Morgan fingerprint density at radius 2 is 1.74 bits per heavy atom. The SMILES string of the molecule is Cc1cccc(C)c1OC1CCN(C(=O)c2cc(S(=O)(=O)N3CCSCC3)c[nH]2)CC1. The number of H-pyrrole nitrogens is 1. The molecule has 9 heteroatoms. The highest BCUT2D eigenvalue weighted by Crippen LogP contribution is 2.27. The van der Waals surface area contributed by atoms with Crippen molar-refractivity contribution in [3.05, 3.63) is 47.3 Å². The van der Waals surface area contributed by atoms with E-state index >= 15 is 0 Å². The van der Waals surface area contributed by atoms with E-state index in [0.717, 1.165) is 41.2 Å². The highest BCUT2D eigenvalue weighted by atomic mass is 32.2. The number of rotatable bonds is 5. The topological polar surface area (TPSA) is 82.7 Å². The Kier molecular flexibility index (Phi) is 6.64. The van der Waals surface area contributed by atoms with Crippen molar-refractivity contribution in [2.45, 2.75) is 37.7 Å². The van der Waals surface area contributed by atoms with Crippen LogP contribution in [-0.4, -0.2) is 72.3 Å². The van der Waals surface area contributed by atoms with Gasteiger partial charge in [0.1, 0.15) is 22.4 Å². The molecule has 2 aromatic rings. The number of sulfonamides is 1. The van der Waals surface area contributed by atoms with E-state index in [0.29, 0.717) is 31.9 Å². The first-order valence-electron chi connectivity index (χ1n) is 10.6. The molecule has 2 aliphatic heterocycles. The molecule has 7 nitrogen and oxygen atoms in total. The van der Waals surface area contributed by atoms with Crippen LogP contribution in [0.3, 0.4) is 0 Å². The zero-order valence-electron chi connectivity index (χ0n) is 18.0. The number of benzene rings is 1. The number of para-hydroxylation sites is 1. The number of nitrogens with zero attached hydrogens (tertiary/aromatic N) is 2. The van der Waals surface area contributed by atoms with Crippen LogP contribution in [-0.2, 0) is 10.0 Å². The van der Waals surface area contributed by atoms with E-state index in [1.807, 2.05) is 32.0 Å². The Morgan fingerprint density at radius 3 is 2.39 bits per heavy atom. The number of hydrogen-bond acceptors (Lipinski definition) is 5. The van der Waals surface area contributed by atoms with E-state index in [2.05, 4.69) is 4.98 Å². The van der Waals surface area contributed by atoms with Crippen LogP contribution in [0.4, 0.5) is 0 Å². The van der Waals surface area contributed by atoms with Crippen molar-refractivity contribution in [1.29, 1.82) is 0 Å². The Morgan fingerprint density at radius 1 is 1.10 bits per heavy atom. The minimum absolute atomic E-state index is 0.0698. The van der Waals surface area contributed by atoms with Crippen molar-refractivity contribution in [1.82, 2.24) is 14.2 Å². The van der Waals surface area contributed by atoms with Crippen molar-refractivity contribution in [3.63, 3.8) is 0 Å². The molecule has 1 amide bonds. The summed E-state index contributed by atoms with van der Waals surface area (Å²) in [5, 5.41) is 0. The fourth-order valence-electron chi connectivity index (χ4n) is 4.08. The summed E-state index contributed by atoms with van der Waals surface area (Å²) < 4.78 is 33.4. The number of nitrogens with one attached hydrogen (secondary N) is 1. The van der Waals surface area contributed by atoms with Crippen molar-refractivity contribution < 1.29 is 17.9 Å². The Hall–Kier alpha value is -1.97. The molecule has 0 aliphatic carbocycles. The summed E-state index contributed by atoms with van der Waals surface area (Å²) >= 11 is 1.76. The van der Waals surface area contributed by atoms with Gasteiger partial charge in [-0.3, -0.25) is 4.79 Å². The number of piperidine rings is 1. The number of aromatic nitrogens is 1. The predicted octanol–water partition coefficient (Wildman–Crippen LogP) is 3.05. The third kappa shape index (κ3) is 4.78. The maximum atomic E-state index is 12.9. The largest absolute Gasteiger partial charge is 0.490 e. The quantitative estimate of drug-likeness (QED) is 0.737. The van der Waals surface area contributed by atoms with Gasteiger partial charge in [-0.25, -0.2) is 8.42 Å². The molecule has 0 spiro atoms. The number of amides is 1. The van der Waals surface area contributed by atoms with E-state index in [9.17, 15) is 13.2 Å². The van der Waals surface area contributed by atoms with E-state index in [-0.39, 0.29) is 16.9 Å². The second kappa shape index (κ2) is 9.26. The summed E-state index contributed by atoms with van der Waals surface area (Å²) in [7, 11) is -3.56. The van der Waals surface area contributed by atoms with E-state index in [1.165, 1.54) is 16.6 Å². The highest BCUT2D eigenvalue weighted by molar-refractivity contribution is 7.99. The van der Waals surface area contributed by atoms with E-state index in [4.69, 9.17) is 4.74 Å². The van der Waals surface area contributed by atoms with Gasteiger partial charge in [-0.15, -0.1) is 0 Å². The van der Waals surface area contributed by atoms with Gasteiger partial charge < -0.3 is 14.6 Å². The minimum Gasteiger partial charge on any atom is -0.490 e. The van der Waals surface area contributed by atoms with Gasteiger partial charge in [0, 0.05) is 56.7 Å². The average Bonchev–Trinajstić information content (AvgIpc) is 3.28. The lowest BCUT2D eigenvalue weighted by molar-refractivity contribution is 0.0588. The molecule has 1 aromatic heterocycles. The molecule has 0 unspecified atom stereocenters. The first-order valence-corrected chi connectivity index (χ1v) is 13.2. The molecule has 0 radical (unpaired) electrons. The summed E-state index contributed by atoms with van der Waals surface area (Å²) in [4.78, 5) is 17.7. The molecule has 0 bridgehead atoms. The number of thioether (sulfide) groups is 1. The van der Waals surface area contributed by atoms with E-state index in [1.54, 1.807) is 16.7 Å². The van der Waals surface area contributed by atoms with Crippen LogP contribution in [0.2, 0.25) is 0 Å². The Balaban J connectivity index is 1.37. The standard InChI is InChI=1S/C22H29N3O4S2/c1-16-4-3-5-17(2)21(16)29-18-6-8-24(9-7-18)22(26)20-14-19(15-23-20)31(27,28)25-10-12-30-13-11-25/h3-5,14-15,18,23H,6-13H2,1-2H3. The molecular weight excluding hydrogens is 434 g/mol. The van der Waals surface area contributed by atoms with Crippen LogP contribution in [0.25, 0.3) is 0 Å². The van der Waals surface area contributed by atoms with Crippen molar-refractivity contribution in [2.75, 3.05) is 37.7 Å². The van der Waals surface area contributed by atoms with Gasteiger partial charge in [-0.1, -0.05) is 18.2 Å². The third-order valence-electron chi connectivity index (χ3n) is 5.92. The molecule has 2 aliphatic rings. The van der Waals surface area contributed by atoms with Crippen molar-refractivity contribution in [2.24, 2.45) is 0 Å². The van der Waals surface area contributed by atoms with Gasteiger partial charge in [0.25, 0.3) is 5.91 Å². The normalized spacial score (nSPS) is 18.8.